The van der Waals surface area contributed by atoms with Crippen molar-refractivity contribution in [2.24, 2.45) is 4.99 Å². The van der Waals surface area contributed by atoms with Crippen LogP contribution < -0.4 is 15.4 Å². The first-order valence-corrected chi connectivity index (χ1v) is 9.86. The third-order valence-electron chi connectivity index (χ3n) is 4.28. The molecule has 0 aliphatic carbocycles. The van der Waals surface area contributed by atoms with Gasteiger partial charge in [0, 0.05) is 51.0 Å². The predicted octanol–water partition coefficient (Wildman–Crippen LogP) is 3.70. The molecule has 0 aliphatic heterocycles. The Kier molecular flexibility index (Phi) is 8.03. The summed E-state index contributed by atoms with van der Waals surface area (Å²) in [7, 11) is 1.55. The summed E-state index contributed by atoms with van der Waals surface area (Å²) in [5.74, 6) is -0.372. The molecule has 0 aliphatic rings. The Morgan fingerprint density at radius 1 is 1.19 bits per heavy atom. The lowest BCUT2D eigenvalue weighted by molar-refractivity contribution is 0.0963. The average Bonchev–Trinajstić information content (AvgIpc) is 2.79. The quantitative estimate of drug-likeness (QED) is 0.494. The Hall–Kier alpha value is -3.36. The van der Waals surface area contributed by atoms with Gasteiger partial charge in [-0.25, -0.2) is 4.39 Å². The summed E-state index contributed by atoms with van der Waals surface area (Å²) < 4.78 is 18.8. The number of benzene rings is 1. The maximum absolute atomic E-state index is 13.2. The zero-order valence-electron chi connectivity index (χ0n) is 16.8. The first-order valence-electron chi connectivity index (χ1n) is 9.48. The molecule has 9 heteroatoms. The van der Waals surface area contributed by atoms with Crippen LogP contribution >= 0.6 is 11.6 Å². The van der Waals surface area contributed by atoms with E-state index in [0.717, 1.165) is 5.56 Å². The van der Waals surface area contributed by atoms with Crippen molar-refractivity contribution in [2.45, 2.75) is 13.1 Å². The van der Waals surface area contributed by atoms with Gasteiger partial charge in [-0.2, -0.15) is 0 Å². The highest BCUT2D eigenvalue weighted by molar-refractivity contribution is 6.30. The molecule has 3 aromatic rings. The van der Waals surface area contributed by atoms with Crippen molar-refractivity contribution in [1.82, 2.24) is 20.6 Å². The molecule has 2 N–H and O–H groups in total. The van der Waals surface area contributed by atoms with Crippen LogP contribution in [0.15, 0.2) is 60.0 Å². The van der Waals surface area contributed by atoms with Crippen LogP contribution in [-0.2, 0) is 13.1 Å². The molecule has 0 unspecified atom stereocenters. The number of aromatic nitrogens is 2. The molecule has 7 nitrogen and oxygen atoms in total. The Morgan fingerprint density at radius 2 is 2.00 bits per heavy atom. The van der Waals surface area contributed by atoms with Crippen molar-refractivity contribution in [3.63, 3.8) is 0 Å². The molecule has 1 aromatic carbocycles. The summed E-state index contributed by atoms with van der Waals surface area (Å²) in [4.78, 5) is 25.1. The zero-order chi connectivity index (χ0) is 22.1. The number of ether oxygens (including phenoxy) is 1. The molecule has 1 amide bonds. The summed E-state index contributed by atoms with van der Waals surface area (Å²) in [6.45, 7) is 1.13. The molecule has 31 heavy (non-hydrogen) atoms. The molecule has 0 atom stereocenters. The van der Waals surface area contributed by atoms with E-state index in [2.05, 4.69) is 25.6 Å². The number of halogens is 2. The van der Waals surface area contributed by atoms with Gasteiger partial charge in [0.15, 0.2) is 0 Å². The Labute approximate surface area is 184 Å². The van der Waals surface area contributed by atoms with Crippen LogP contribution in [0.1, 0.15) is 21.6 Å². The number of pyridine rings is 2. The van der Waals surface area contributed by atoms with Crippen LogP contribution in [0.2, 0.25) is 5.02 Å². The lowest BCUT2D eigenvalue weighted by Crippen LogP contribution is -2.20. The van der Waals surface area contributed by atoms with Crippen LogP contribution in [0.25, 0.3) is 0 Å². The molecule has 0 bridgehead atoms. The van der Waals surface area contributed by atoms with Crippen LogP contribution in [-0.4, -0.2) is 35.7 Å². The highest BCUT2D eigenvalue weighted by atomic mass is 35.5. The first kappa shape index (κ1) is 22.3. The fourth-order valence-corrected chi connectivity index (χ4v) is 2.91. The van der Waals surface area contributed by atoms with E-state index in [1.54, 1.807) is 31.7 Å². The molecular formula is C22H21ClFN5O2. The first-order chi connectivity index (χ1) is 15.1. The average molecular weight is 442 g/mol. The van der Waals surface area contributed by atoms with Gasteiger partial charge in [0.25, 0.3) is 5.91 Å². The van der Waals surface area contributed by atoms with E-state index in [1.807, 2.05) is 12.1 Å². The molecule has 0 saturated heterocycles. The minimum atomic E-state index is -0.517. The molecule has 0 spiro atoms. The minimum Gasteiger partial charge on any atom is -0.488 e. The van der Waals surface area contributed by atoms with Crippen molar-refractivity contribution in [3.05, 3.63) is 82.6 Å². The predicted molar refractivity (Wildman–Crippen MR) is 117 cm³/mol. The van der Waals surface area contributed by atoms with E-state index in [4.69, 9.17) is 16.3 Å². The number of hydrogen-bond acceptors (Lipinski definition) is 6. The van der Waals surface area contributed by atoms with Crippen LogP contribution in [0.3, 0.4) is 0 Å². The number of nitrogens with zero attached hydrogens (tertiary/aromatic N) is 3. The normalized spacial score (nSPS) is 10.9. The largest absolute Gasteiger partial charge is 0.488 e. The second-order valence-electron chi connectivity index (χ2n) is 6.39. The second kappa shape index (κ2) is 11.1. The maximum Gasteiger partial charge on any atom is 0.253 e. The van der Waals surface area contributed by atoms with Crippen molar-refractivity contribution < 1.29 is 13.9 Å². The minimum absolute atomic E-state index is 0.0221. The molecular weight excluding hydrogens is 421 g/mol. The summed E-state index contributed by atoms with van der Waals surface area (Å²) in [6.07, 6.45) is 6.55. The molecule has 160 valence electrons. The van der Waals surface area contributed by atoms with E-state index in [-0.39, 0.29) is 17.5 Å². The lowest BCUT2D eigenvalue weighted by Gasteiger charge is -2.11. The molecule has 2 aromatic heterocycles. The number of carbonyl (C=O) groups is 1. The fraction of sp³-hybridized carbons (Fsp3) is 0.182. The molecule has 0 fully saturated rings. The van der Waals surface area contributed by atoms with Gasteiger partial charge >= 0.3 is 0 Å². The highest BCUT2D eigenvalue weighted by Gasteiger charge is 2.14. The Bertz CT molecular complexity index is 1060. The number of hydrogen-bond donors (Lipinski definition) is 2. The smallest absolute Gasteiger partial charge is 0.253 e. The van der Waals surface area contributed by atoms with E-state index in [9.17, 15) is 9.18 Å². The van der Waals surface area contributed by atoms with Gasteiger partial charge in [-0.3, -0.25) is 19.8 Å². The number of amides is 1. The van der Waals surface area contributed by atoms with Gasteiger partial charge < -0.3 is 15.4 Å². The van der Waals surface area contributed by atoms with Gasteiger partial charge in [0.1, 0.15) is 18.2 Å². The summed E-state index contributed by atoms with van der Waals surface area (Å²) in [6, 6.07) is 9.53. The Morgan fingerprint density at radius 3 is 2.74 bits per heavy atom. The molecule has 0 radical (unpaired) electrons. The van der Waals surface area contributed by atoms with Crippen molar-refractivity contribution in [1.29, 1.82) is 0 Å². The van der Waals surface area contributed by atoms with Gasteiger partial charge in [0.05, 0.1) is 22.0 Å². The van der Waals surface area contributed by atoms with Crippen LogP contribution in [0, 0.1) is 5.82 Å². The number of carbonyl (C=O) groups excluding carboxylic acids is 1. The highest BCUT2D eigenvalue weighted by Crippen LogP contribution is 2.23. The van der Waals surface area contributed by atoms with Gasteiger partial charge in [-0.05, 0) is 35.9 Å². The van der Waals surface area contributed by atoms with E-state index >= 15 is 0 Å². The third kappa shape index (κ3) is 6.31. The van der Waals surface area contributed by atoms with E-state index in [0.29, 0.717) is 35.8 Å². The van der Waals surface area contributed by atoms with Crippen molar-refractivity contribution in [2.75, 3.05) is 13.7 Å². The van der Waals surface area contributed by atoms with E-state index < -0.39 is 5.82 Å². The number of aliphatic imine (C=N–C) groups is 1. The lowest BCUT2D eigenvalue weighted by atomic mass is 10.1. The third-order valence-corrected chi connectivity index (χ3v) is 4.57. The molecule has 3 rings (SSSR count). The van der Waals surface area contributed by atoms with E-state index in [1.165, 1.54) is 24.4 Å². The second-order valence-corrected chi connectivity index (χ2v) is 6.80. The standard InChI is InChI=1S/C22H21ClFN5O2/c1-25-22(30)17-6-9-28-20(14-27-13-15-4-7-26-8-5-15)21(17)29-10-11-31-16-2-3-19(24)18(23)12-16/h2-10,12,27H,11,13-14H2,1H3,(H,25,30)/b29-10+. The van der Waals surface area contributed by atoms with Crippen molar-refractivity contribution in [3.8, 4) is 5.75 Å². The molecule has 2 heterocycles. The summed E-state index contributed by atoms with van der Waals surface area (Å²) in [5.41, 5.74) is 2.55. The van der Waals surface area contributed by atoms with Gasteiger partial charge in [0.2, 0.25) is 0 Å². The Balaban J connectivity index is 1.71. The van der Waals surface area contributed by atoms with Gasteiger partial charge in [-0.1, -0.05) is 11.6 Å². The van der Waals surface area contributed by atoms with Crippen molar-refractivity contribution >= 4 is 29.4 Å². The zero-order valence-corrected chi connectivity index (χ0v) is 17.6. The monoisotopic (exact) mass is 441 g/mol. The summed E-state index contributed by atoms with van der Waals surface area (Å²) in [5, 5.41) is 5.88. The summed E-state index contributed by atoms with van der Waals surface area (Å²) >= 11 is 5.76. The van der Waals surface area contributed by atoms with Crippen LogP contribution in [0.5, 0.6) is 5.75 Å². The topological polar surface area (TPSA) is 88.5 Å². The van der Waals surface area contributed by atoms with Gasteiger partial charge in [-0.15, -0.1) is 0 Å². The fourth-order valence-electron chi connectivity index (χ4n) is 2.74. The number of nitrogens with one attached hydrogen (secondary N) is 2. The number of rotatable bonds is 9. The maximum atomic E-state index is 13.2. The molecule has 0 saturated carbocycles. The SMILES string of the molecule is CNC(=O)c1ccnc(CNCc2ccncc2)c1/N=C/COc1ccc(F)c(Cl)c1. The van der Waals surface area contributed by atoms with Crippen LogP contribution in [0.4, 0.5) is 10.1 Å².